The first kappa shape index (κ1) is 19.9. The van der Waals surface area contributed by atoms with Gasteiger partial charge in [-0.2, -0.15) is 0 Å². The predicted molar refractivity (Wildman–Crippen MR) is 122 cm³/mol. The van der Waals surface area contributed by atoms with Crippen molar-refractivity contribution in [2.45, 2.75) is 64.6 Å². The highest BCUT2D eigenvalue weighted by molar-refractivity contribution is 5.94. The summed E-state index contributed by atoms with van der Waals surface area (Å²) in [5, 5.41) is 4.16. The van der Waals surface area contributed by atoms with E-state index in [2.05, 4.69) is 35.4 Å². The van der Waals surface area contributed by atoms with E-state index in [1.54, 1.807) is 0 Å². The van der Waals surface area contributed by atoms with Crippen molar-refractivity contribution in [1.29, 1.82) is 0 Å². The molecular weight excluding hydrogens is 386 g/mol. The standard InChI is InChI=1S/C26H29N3O2/c1-16-3-12-24-23(13-16)22(17(2)27-24)14-25(30)29(21-10-11-21)15-18-4-6-19(7-5-18)26(31)28-20-8-9-20/h3-7,12-13,20-21,27H,8-11,14-15H2,1-2H3,(H,28,31). The number of fused-ring (bicyclic) bond motifs is 1. The quantitative estimate of drug-likeness (QED) is 0.600. The van der Waals surface area contributed by atoms with E-state index in [1.807, 2.05) is 36.1 Å². The van der Waals surface area contributed by atoms with E-state index >= 15 is 0 Å². The molecule has 0 radical (unpaired) electrons. The minimum atomic E-state index is -0.00530. The van der Waals surface area contributed by atoms with Gasteiger partial charge in [0, 0.05) is 40.8 Å². The molecule has 2 N–H and O–H groups in total. The van der Waals surface area contributed by atoms with Gasteiger partial charge in [-0.1, -0.05) is 23.8 Å². The molecule has 1 aromatic heterocycles. The number of H-pyrrole nitrogens is 1. The van der Waals surface area contributed by atoms with E-state index in [0.717, 1.165) is 53.4 Å². The maximum atomic E-state index is 13.3. The van der Waals surface area contributed by atoms with Crippen LogP contribution in [0.15, 0.2) is 42.5 Å². The molecule has 0 atom stereocenters. The number of hydrogen-bond acceptors (Lipinski definition) is 2. The number of hydrogen-bond donors (Lipinski definition) is 2. The highest BCUT2D eigenvalue weighted by atomic mass is 16.2. The zero-order valence-corrected chi connectivity index (χ0v) is 18.2. The Morgan fingerprint density at radius 2 is 1.77 bits per heavy atom. The van der Waals surface area contributed by atoms with Crippen LogP contribution in [-0.4, -0.2) is 33.8 Å². The minimum Gasteiger partial charge on any atom is -0.358 e. The number of carbonyl (C=O) groups is 2. The zero-order valence-electron chi connectivity index (χ0n) is 18.2. The third-order valence-electron chi connectivity index (χ3n) is 6.39. The van der Waals surface area contributed by atoms with E-state index in [1.165, 1.54) is 5.56 Å². The van der Waals surface area contributed by atoms with Crippen molar-refractivity contribution in [3.05, 3.63) is 70.4 Å². The SMILES string of the molecule is Cc1ccc2[nH]c(C)c(CC(=O)N(Cc3ccc(C(=O)NC4CC4)cc3)C3CC3)c2c1. The fourth-order valence-corrected chi connectivity index (χ4v) is 4.24. The summed E-state index contributed by atoms with van der Waals surface area (Å²) in [5.41, 5.74) is 6.20. The number of nitrogens with zero attached hydrogens (tertiary/aromatic N) is 1. The third kappa shape index (κ3) is 4.36. The van der Waals surface area contributed by atoms with Gasteiger partial charge in [0.2, 0.25) is 5.91 Å². The average Bonchev–Trinajstić information content (AvgIpc) is 3.67. The molecule has 0 aliphatic heterocycles. The van der Waals surface area contributed by atoms with Crippen molar-refractivity contribution >= 4 is 22.7 Å². The number of aromatic nitrogens is 1. The van der Waals surface area contributed by atoms with Gasteiger partial charge in [0.25, 0.3) is 5.91 Å². The minimum absolute atomic E-state index is 0.00530. The Labute approximate surface area is 182 Å². The lowest BCUT2D eigenvalue weighted by atomic mass is 10.0. The van der Waals surface area contributed by atoms with Crippen LogP contribution in [0.5, 0.6) is 0 Å². The Morgan fingerprint density at radius 1 is 1.03 bits per heavy atom. The van der Waals surface area contributed by atoms with E-state index in [9.17, 15) is 9.59 Å². The highest BCUT2D eigenvalue weighted by Gasteiger charge is 2.33. The topological polar surface area (TPSA) is 65.2 Å². The molecule has 0 saturated heterocycles. The van der Waals surface area contributed by atoms with Crippen LogP contribution < -0.4 is 5.32 Å². The number of aromatic amines is 1. The van der Waals surface area contributed by atoms with E-state index in [4.69, 9.17) is 0 Å². The number of amides is 2. The third-order valence-corrected chi connectivity index (χ3v) is 6.39. The van der Waals surface area contributed by atoms with Gasteiger partial charge in [-0.15, -0.1) is 0 Å². The summed E-state index contributed by atoms with van der Waals surface area (Å²) in [7, 11) is 0. The largest absolute Gasteiger partial charge is 0.358 e. The number of aryl methyl sites for hydroxylation is 2. The molecule has 5 heteroatoms. The van der Waals surface area contributed by atoms with Gasteiger partial charge < -0.3 is 15.2 Å². The van der Waals surface area contributed by atoms with Crippen molar-refractivity contribution in [3.63, 3.8) is 0 Å². The first-order valence-electron chi connectivity index (χ1n) is 11.2. The molecule has 31 heavy (non-hydrogen) atoms. The van der Waals surface area contributed by atoms with E-state index in [-0.39, 0.29) is 11.8 Å². The van der Waals surface area contributed by atoms with Crippen LogP contribution in [0.25, 0.3) is 10.9 Å². The maximum Gasteiger partial charge on any atom is 0.251 e. The Kier molecular flexibility index (Phi) is 5.05. The molecule has 160 valence electrons. The summed E-state index contributed by atoms with van der Waals surface area (Å²) in [6.45, 7) is 4.72. The number of rotatable bonds is 7. The Hall–Kier alpha value is -3.08. The van der Waals surface area contributed by atoms with Crippen LogP contribution in [-0.2, 0) is 17.8 Å². The molecule has 2 amide bonds. The molecule has 0 bridgehead atoms. The van der Waals surface area contributed by atoms with E-state index in [0.29, 0.717) is 30.6 Å². The van der Waals surface area contributed by atoms with Gasteiger partial charge in [0.15, 0.2) is 0 Å². The monoisotopic (exact) mass is 415 g/mol. The summed E-state index contributed by atoms with van der Waals surface area (Å²) >= 11 is 0. The van der Waals surface area contributed by atoms with Crippen LogP contribution in [0.2, 0.25) is 0 Å². The van der Waals surface area contributed by atoms with Gasteiger partial charge in [0.05, 0.1) is 6.42 Å². The number of benzene rings is 2. The Balaban J connectivity index is 1.31. The van der Waals surface area contributed by atoms with Crippen LogP contribution in [0.1, 0.15) is 58.4 Å². The maximum absolute atomic E-state index is 13.3. The lowest BCUT2D eigenvalue weighted by Crippen LogP contribution is -2.34. The van der Waals surface area contributed by atoms with Crippen LogP contribution in [0, 0.1) is 13.8 Å². The van der Waals surface area contributed by atoms with Crippen LogP contribution in [0.4, 0.5) is 0 Å². The first-order valence-corrected chi connectivity index (χ1v) is 11.2. The van der Waals surface area contributed by atoms with Crippen molar-refractivity contribution in [1.82, 2.24) is 15.2 Å². The van der Waals surface area contributed by atoms with Crippen molar-refractivity contribution in [2.24, 2.45) is 0 Å². The second-order valence-corrected chi connectivity index (χ2v) is 9.15. The first-order chi connectivity index (χ1) is 15.0. The summed E-state index contributed by atoms with van der Waals surface area (Å²) < 4.78 is 0. The smallest absolute Gasteiger partial charge is 0.251 e. The second-order valence-electron chi connectivity index (χ2n) is 9.15. The summed E-state index contributed by atoms with van der Waals surface area (Å²) in [6.07, 6.45) is 4.71. The summed E-state index contributed by atoms with van der Waals surface area (Å²) in [4.78, 5) is 31.0. The van der Waals surface area contributed by atoms with Crippen molar-refractivity contribution in [3.8, 4) is 0 Å². The molecule has 5 nitrogen and oxygen atoms in total. The van der Waals surface area contributed by atoms with Crippen molar-refractivity contribution in [2.75, 3.05) is 0 Å². The molecule has 2 aliphatic carbocycles. The lowest BCUT2D eigenvalue weighted by molar-refractivity contribution is -0.131. The fraction of sp³-hybridized carbons (Fsp3) is 0.385. The number of nitrogens with one attached hydrogen (secondary N) is 2. The lowest BCUT2D eigenvalue weighted by Gasteiger charge is -2.23. The molecule has 2 aromatic carbocycles. The van der Waals surface area contributed by atoms with Gasteiger partial charge in [-0.05, 0) is 74.9 Å². The molecule has 1 heterocycles. The molecular formula is C26H29N3O2. The van der Waals surface area contributed by atoms with Gasteiger partial charge in [-0.25, -0.2) is 0 Å². The molecule has 5 rings (SSSR count). The Morgan fingerprint density at radius 3 is 2.45 bits per heavy atom. The molecule has 0 spiro atoms. The highest BCUT2D eigenvalue weighted by Crippen LogP contribution is 2.31. The van der Waals surface area contributed by atoms with Crippen LogP contribution in [0.3, 0.4) is 0 Å². The molecule has 3 aromatic rings. The van der Waals surface area contributed by atoms with Crippen molar-refractivity contribution < 1.29 is 9.59 Å². The predicted octanol–water partition coefficient (Wildman–Crippen LogP) is 4.41. The molecule has 2 saturated carbocycles. The second kappa shape index (κ2) is 7.88. The molecule has 2 fully saturated rings. The van der Waals surface area contributed by atoms with E-state index < -0.39 is 0 Å². The van der Waals surface area contributed by atoms with Crippen LogP contribution >= 0.6 is 0 Å². The molecule has 2 aliphatic rings. The average molecular weight is 416 g/mol. The summed E-state index contributed by atoms with van der Waals surface area (Å²) in [6, 6.07) is 14.7. The van der Waals surface area contributed by atoms with Gasteiger partial charge in [0.1, 0.15) is 0 Å². The summed E-state index contributed by atoms with van der Waals surface area (Å²) in [5.74, 6) is 0.165. The van der Waals surface area contributed by atoms with Gasteiger partial charge >= 0.3 is 0 Å². The normalized spacial score (nSPS) is 15.8. The fourth-order valence-electron chi connectivity index (χ4n) is 4.24. The Bertz CT molecular complexity index is 1140. The zero-order chi connectivity index (χ0) is 21.5. The number of carbonyl (C=O) groups excluding carboxylic acids is 2. The van der Waals surface area contributed by atoms with Gasteiger partial charge in [-0.3, -0.25) is 9.59 Å². The molecule has 0 unspecified atom stereocenters.